The third-order valence-corrected chi connectivity index (χ3v) is 6.93. The van der Waals surface area contributed by atoms with Gasteiger partial charge in [-0.15, -0.1) is 17.0 Å². The van der Waals surface area contributed by atoms with E-state index in [0.717, 1.165) is 4.90 Å². The fourth-order valence-electron chi connectivity index (χ4n) is 4.90. The second-order valence-corrected chi connectivity index (χ2v) is 10.9. The van der Waals surface area contributed by atoms with Crippen molar-refractivity contribution in [2.75, 3.05) is 31.6 Å². The largest absolute Gasteiger partial charge is 0.491 e. The number of carboxylic acid groups (broad SMARTS) is 1. The van der Waals surface area contributed by atoms with Crippen LogP contribution >= 0.6 is 17.0 Å². The third-order valence-electron chi connectivity index (χ3n) is 6.93. The Kier molecular flexibility index (Phi) is 9.81. The number of ketones is 1. The van der Waals surface area contributed by atoms with E-state index in [-0.39, 0.29) is 82.4 Å². The van der Waals surface area contributed by atoms with Crippen molar-refractivity contribution in [1.29, 1.82) is 10.7 Å². The molecule has 2 aliphatic rings. The zero-order valence-corrected chi connectivity index (χ0v) is 26.2. The minimum Gasteiger partial charge on any atom is -0.491 e. The lowest BCUT2D eigenvalue weighted by Crippen LogP contribution is -2.47. The molecule has 2 amide bonds. The van der Waals surface area contributed by atoms with Gasteiger partial charge in [-0.2, -0.15) is 5.26 Å². The number of rotatable bonds is 9. The number of halogens is 1. The Hall–Kier alpha value is -4.51. The van der Waals surface area contributed by atoms with Crippen LogP contribution in [0.25, 0.3) is 0 Å². The molecule has 0 fully saturated rings. The molecule has 3 N–H and O–H groups in total. The maximum absolute atomic E-state index is 13.7. The van der Waals surface area contributed by atoms with Gasteiger partial charge in [0.1, 0.15) is 23.8 Å². The molecule has 1 unspecified atom stereocenters. The van der Waals surface area contributed by atoms with Crippen LogP contribution < -0.4 is 19.7 Å². The van der Waals surface area contributed by atoms with Gasteiger partial charge < -0.3 is 24.8 Å². The number of amides is 2. The molecule has 0 saturated carbocycles. The number of fused-ring (bicyclic) bond motifs is 2. The predicted octanol–water partition coefficient (Wildman–Crippen LogP) is 2.83. The number of nitrogens with one attached hydrogen (secondary N) is 2. The van der Waals surface area contributed by atoms with Crippen molar-refractivity contribution in [3.8, 4) is 17.6 Å². The van der Waals surface area contributed by atoms with Gasteiger partial charge in [-0.3, -0.25) is 29.5 Å². The van der Waals surface area contributed by atoms with Crippen LogP contribution in [0.15, 0.2) is 18.2 Å². The SMILES string of the molecule is Br.CCOc1cc2c(nc1C(=O)NC)C(=N)N(CC(=O)c1cc3c(c(C(C)(C)C)c1)OC(CC(=O)O)C(=O)N3CC#N)C2. The van der Waals surface area contributed by atoms with Crippen LogP contribution in [0.4, 0.5) is 5.69 Å². The quantitative estimate of drug-likeness (QED) is 0.268. The molecule has 13 nitrogen and oxygen atoms in total. The van der Waals surface area contributed by atoms with Crippen molar-refractivity contribution < 1.29 is 33.8 Å². The topological polar surface area (TPSA) is 186 Å². The predicted molar refractivity (Wildman–Crippen MR) is 160 cm³/mol. The molecular formula is C29H33BrN6O7. The van der Waals surface area contributed by atoms with Crippen molar-refractivity contribution in [3.63, 3.8) is 0 Å². The number of nitrogens with zero attached hydrogens (tertiary/aromatic N) is 4. The van der Waals surface area contributed by atoms with Gasteiger partial charge in [-0.05, 0) is 30.5 Å². The molecule has 2 aliphatic heterocycles. The van der Waals surface area contributed by atoms with Gasteiger partial charge in [0.05, 0.1) is 31.3 Å². The van der Waals surface area contributed by atoms with Gasteiger partial charge >= 0.3 is 5.97 Å². The minimum atomic E-state index is -1.32. The summed E-state index contributed by atoms with van der Waals surface area (Å²) in [5.41, 5.74) is 1.36. The smallest absolute Gasteiger partial charge is 0.307 e. The molecule has 1 aromatic carbocycles. The summed E-state index contributed by atoms with van der Waals surface area (Å²) in [5, 5.41) is 29.9. The Labute approximate surface area is 259 Å². The molecule has 0 saturated heterocycles. The molecule has 0 bridgehead atoms. The highest BCUT2D eigenvalue weighted by Crippen LogP contribution is 2.44. The third kappa shape index (κ3) is 6.46. The molecule has 14 heteroatoms. The maximum atomic E-state index is 13.7. The average molecular weight is 658 g/mol. The number of carbonyl (C=O) groups is 4. The molecule has 0 spiro atoms. The number of nitriles is 1. The van der Waals surface area contributed by atoms with Crippen molar-refractivity contribution in [2.24, 2.45) is 0 Å². The average Bonchev–Trinajstić information content (AvgIpc) is 3.22. The van der Waals surface area contributed by atoms with Crippen LogP contribution in [0.3, 0.4) is 0 Å². The summed E-state index contributed by atoms with van der Waals surface area (Å²) >= 11 is 0. The van der Waals surface area contributed by atoms with E-state index in [4.69, 9.17) is 14.9 Å². The zero-order chi connectivity index (χ0) is 30.9. The standard InChI is InChI=1S/C29H32N6O7.BrH/c1-6-41-20-11-16-13-34(26(31)23(16)33-24(20)27(39)32-5)14-19(36)15-9-17(29(2,3)4)25-18(10-15)35(8-7-30)28(40)21(42-25)12-22(37)38;/h9-11,21,31H,6,8,12-14H2,1-5H3,(H,32,39)(H,37,38);1H. The Bertz CT molecular complexity index is 1550. The second-order valence-electron chi connectivity index (χ2n) is 10.9. The van der Waals surface area contributed by atoms with E-state index >= 15 is 0 Å². The first-order valence-electron chi connectivity index (χ1n) is 13.3. The highest BCUT2D eigenvalue weighted by molar-refractivity contribution is 8.93. The molecule has 0 radical (unpaired) electrons. The second kappa shape index (κ2) is 12.8. The first kappa shape index (κ1) is 33.0. The van der Waals surface area contributed by atoms with Crippen molar-refractivity contribution in [3.05, 3.63) is 46.3 Å². The Morgan fingerprint density at radius 3 is 2.56 bits per heavy atom. The molecule has 43 heavy (non-hydrogen) atoms. The minimum absolute atomic E-state index is 0. The first-order valence-corrected chi connectivity index (χ1v) is 13.3. The lowest BCUT2D eigenvalue weighted by molar-refractivity contribution is -0.142. The lowest BCUT2D eigenvalue weighted by atomic mass is 9.83. The Balaban J connectivity index is 0.00000506. The first-order chi connectivity index (χ1) is 19.8. The number of benzene rings is 1. The van der Waals surface area contributed by atoms with Crippen molar-refractivity contribution >= 4 is 52.1 Å². The van der Waals surface area contributed by atoms with E-state index in [0.29, 0.717) is 17.7 Å². The maximum Gasteiger partial charge on any atom is 0.307 e. The molecular weight excluding hydrogens is 624 g/mol. The number of pyridine rings is 1. The highest BCUT2D eigenvalue weighted by atomic mass is 79.9. The summed E-state index contributed by atoms with van der Waals surface area (Å²) in [6.07, 6.45) is -1.90. The van der Waals surface area contributed by atoms with E-state index in [1.165, 1.54) is 18.0 Å². The fourth-order valence-corrected chi connectivity index (χ4v) is 4.90. The fraction of sp³-hybridized carbons (Fsp3) is 0.414. The number of aliphatic carboxylic acids is 1. The van der Waals surface area contributed by atoms with E-state index in [1.807, 2.05) is 26.8 Å². The van der Waals surface area contributed by atoms with Crippen LogP contribution in [-0.4, -0.2) is 77.2 Å². The number of carbonyl (C=O) groups excluding carboxylic acids is 3. The summed E-state index contributed by atoms with van der Waals surface area (Å²) in [4.78, 5) is 57.6. The lowest BCUT2D eigenvalue weighted by Gasteiger charge is -2.36. The molecule has 2 aromatic rings. The van der Waals surface area contributed by atoms with Crippen LogP contribution in [0.2, 0.25) is 0 Å². The summed E-state index contributed by atoms with van der Waals surface area (Å²) < 4.78 is 11.5. The monoisotopic (exact) mass is 656 g/mol. The summed E-state index contributed by atoms with van der Waals surface area (Å²) in [6, 6.07) is 6.68. The number of ether oxygens (including phenoxy) is 2. The molecule has 1 aromatic heterocycles. The zero-order valence-electron chi connectivity index (χ0n) is 24.4. The van der Waals surface area contributed by atoms with Crippen LogP contribution in [0, 0.1) is 16.7 Å². The van der Waals surface area contributed by atoms with Gasteiger partial charge in [0.15, 0.2) is 23.3 Å². The number of amidine groups is 1. The molecule has 3 heterocycles. The van der Waals surface area contributed by atoms with Crippen LogP contribution in [-0.2, 0) is 21.5 Å². The molecule has 4 rings (SSSR count). The van der Waals surface area contributed by atoms with E-state index in [1.54, 1.807) is 19.1 Å². The number of hydrogen-bond donors (Lipinski definition) is 3. The molecule has 0 aliphatic carbocycles. The van der Waals surface area contributed by atoms with E-state index < -0.39 is 35.7 Å². The van der Waals surface area contributed by atoms with Gasteiger partial charge in [-0.25, -0.2) is 4.98 Å². The number of hydrogen-bond acceptors (Lipinski definition) is 9. The summed E-state index contributed by atoms with van der Waals surface area (Å²) in [5.74, 6) is -2.24. The summed E-state index contributed by atoms with van der Waals surface area (Å²) in [7, 11) is 1.47. The van der Waals surface area contributed by atoms with Crippen molar-refractivity contribution in [2.45, 2.75) is 52.2 Å². The van der Waals surface area contributed by atoms with E-state index in [2.05, 4.69) is 10.3 Å². The van der Waals surface area contributed by atoms with Gasteiger partial charge in [0.2, 0.25) is 0 Å². The Morgan fingerprint density at radius 1 is 1.28 bits per heavy atom. The summed E-state index contributed by atoms with van der Waals surface area (Å²) in [6.45, 7) is 7.37. The van der Waals surface area contributed by atoms with Crippen LogP contribution in [0.5, 0.6) is 11.5 Å². The Morgan fingerprint density at radius 2 is 1.98 bits per heavy atom. The van der Waals surface area contributed by atoms with Crippen molar-refractivity contribution in [1.82, 2.24) is 15.2 Å². The number of anilines is 1. The normalized spacial score (nSPS) is 15.5. The van der Waals surface area contributed by atoms with Gasteiger partial charge in [-0.1, -0.05) is 20.8 Å². The number of carboxylic acids is 1. The number of aromatic nitrogens is 1. The molecule has 228 valence electrons. The number of Topliss-reactive ketones (excluding diaryl/α,β-unsaturated/α-hetero) is 1. The van der Waals surface area contributed by atoms with Gasteiger partial charge in [0, 0.05) is 30.3 Å². The molecule has 1 atom stereocenters. The van der Waals surface area contributed by atoms with Crippen LogP contribution in [0.1, 0.15) is 71.8 Å². The van der Waals surface area contributed by atoms with Gasteiger partial charge in [0.25, 0.3) is 11.8 Å². The highest BCUT2D eigenvalue weighted by Gasteiger charge is 2.40. The van der Waals surface area contributed by atoms with E-state index in [9.17, 15) is 29.5 Å².